The lowest BCUT2D eigenvalue weighted by Gasteiger charge is -2.28. The van der Waals surface area contributed by atoms with Gasteiger partial charge in [0, 0.05) is 62.8 Å². The van der Waals surface area contributed by atoms with Crippen molar-refractivity contribution in [3.63, 3.8) is 0 Å². The summed E-state index contributed by atoms with van der Waals surface area (Å²) >= 11 is 12.7. The number of unbranched alkanes of at least 4 members (excludes halogenated alkanes) is 1. The summed E-state index contributed by atoms with van der Waals surface area (Å²) in [6.45, 7) is 3.28. The molecule has 3 aromatic carbocycles. The van der Waals surface area contributed by atoms with Crippen LogP contribution in [-0.2, 0) is 67.3 Å². The van der Waals surface area contributed by atoms with E-state index in [0.29, 0.717) is 42.4 Å². The highest BCUT2D eigenvalue weighted by Crippen LogP contribution is 2.24. The van der Waals surface area contributed by atoms with Gasteiger partial charge in [-0.25, -0.2) is 0 Å². The first-order valence-electron chi connectivity index (χ1n) is 26.2. The Hall–Kier alpha value is -7.76. The van der Waals surface area contributed by atoms with Crippen LogP contribution in [0.2, 0.25) is 10.0 Å². The number of H-pyrrole nitrogens is 1. The van der Waals surface area contributed by atoms with E-state index in [2.05, 4.69) is 52.7 Å². The molecule has 79 heavy (non-hydrogen) atoms. The predicted molar refractivity (Wildman–Crippen MR) is 297 cm³/mol. The number of aromatic nitrogens is 1. The number of hydroxylamine groups is 1. The number of carbonyl (C=O) groups is 9. The summed E-state index contributed by atoms with van der Waals surface area (Å²) in [6.07, 6.45) is 2.69. The molecule has 15 N–H and O–H groups in total. The summed E-state index contributed by atoms with van der Waals surface area (Å²) in [5, 5.41) is 20.1. The molecule has 1 aliphatic rings. The van der Waals surface area contributed by atoms with Crippen LogP contribution in [0, 0.1) is 0 Å². The first-order chi connectivity index (χ1) is 37.8. The number of halogens is 2. The Morgan fingerprint density at radius 2 is 1.35 bits per heavy atom. The van der Waals surface area contributed by atoms with Crippen molar-refractivity contribution in [1.82, 2.24) is 47.7 Å². The van der Waals surface area contributed by atoms with Gasteiger partial charge in [-0.05, 0) is 79.8 Å². The van der Waals surface area contributed by atoms with Gasteiger partial charge in [-0.1, -0.05) is 97.6 Å². The Balaban J connectivity index is 1.57. The second-order valence-electron chi connectivity index (χ2n) is 19.2. The van der Waals surface area contributed by atoms with Crippen molar-refractivity contribution in [2.24, 2.45) is 22.2 Å². The number of aromatic amines is 1. The van der Waals surface area contributed by atoms with E-state index < -0.39 is 102 Å². The number of nitrogens with two attached hydrogens (primary N) is 3. The number of fused-ring (bicyclic) bond motifs is 1. The predicted octanol–water partition coefficient (Wildman–Crippen LogP) is 1.66. The molecule has 1 fully saturated rings. The molecule has 23 nitrogen and oxygen atoms in total. The first kappa shape index (κ1) is 62.1. The number of nitrogens with zero attached hydrogens (tertiary/aromatic N) is 1. The molecule has 0 spiro atoms. The molecule has 0 saturated carbocycles. The van der Waals surface area contributed by atoms with Gasteiger partial charge in [0.1, 0.15) is 42.3 Å². The number of benzene rings is 3. The number of para-hydroxylation sites is 1. The number of amides is 8. The van der Waals surface area contributed by atoms with Gasteiger partial charge in [0.2, 0.25) is 47.3 Å². The average Bonchev–Trinajstić information content (AvgIpc) is 3.83. The molecule has 1 saturated heterocycles. The van der Waals surface area contributed by atoms with E-state index in [1.807, 2.05) is 31.2 Å². The Morgan fingerprint density at radius 3 is 2.03 bits per heavy atom. The summed E-state index contributed by atoms with van der Waals surface area (Å²) in [7, 11) is 0. The summed E-state index contributed by atoms with van der Waals surface area (Å²) in [5.41, 5.74) is 22.0. The van der Waals surface area contributed by atoms with Gasteiger partial charge in [0.05, 0.1) is 10.0 Å². The molecular formula is C54H71Cl2N13O10. The van der Waals surface area contributed by atoms with Crippen molar-refractivity contribution in [3.8, 4) is 0 Å². The molecule has 1 aromatic heterocycles. The number of nitrogens with one attached hydrogen (secondary N) is 9. The van der Waals surface area contributed by atoms with E-state index >= 15 is 0 Å². The van der Waals surface area contributed by atoms with Crippen LogP contribution in [0.4, 0.5) is 0 Å². The van der Waals surface area contributed by atoms with E-state index in [9.17, 15) is 43.2 Å². The lowest BCUT2D eigenvalue weighted by molar-refractivity contribution is -0.151. The zero-order valence-corrected chi connectivity index (χ0v) is 45.7. The SMILES string of the molecule is CCCC[C@H](NC(C)=O)C(=O)N[C@H]1CCC(=O)ONCCCC[C@@H](C(N)=O)NC(=O)[C@H](Cc2c[nH]c3ccccc23)NC(=O)[C@H](CCCN=C(N)N)NC(=O)[C@@H](Cc2ccccc2)NC(=O)[C@H](Cc2ccc(Cl)c(Cl)c2)NC1=O. The van der Waals surface area contributed by atoms with Gasteiger partial charge in [-0.2, -0.15) is 5.48 Å². The fourth-order valence-electron chi connectivity index (χ4n) is 8.77. The van der Waals surface area contributed by atoms with Gasteiger partial charge >= 0.3 is 5.97 Å². The van der Waals surface area contributed by atoms with Crippen molar-refractivity contribution in [2.75, 3.05) is 13.1 Å². The van der Waals surface area contributed by atoms with E-state index in [-0.39, 0.29) is 80.5 Å². The normalized spacial score (nSPS) is 21.0. The number of hydrogen-bond donors (Lipinski definition) is 12. The standard InChI is InChI=1S/C54H71Cl2N13O10/c1-3-4-16-40(63-31(2)70)48(73)66-42-22-23-46(71)79-62-25-11-10-18-39(47(57)72)64-53(78)45(29-34-30-61-38-17-9-8-15-35(34)38)69-49(74)41(19-12-24-60-54(58)59)65-51(76)43(27-32-13-6-5-7-14-32)68-52(77)44(67-50(42)75)28-33-20-21-36(55)37(56)26-33/h5-9,13-15,17,20-21,26,30,39-45,61-62H,3-4,10-12,16,18-19,22-25,27-29H2,1-2H3,(H2,57,72)(H,63,70)(H,64,78)(H,65,76)(H,66,73)(H,67,75)(H,68,77)(H,69,74)(H4,58,59,60)/t39-,40-,41-,42-,43+,44-,45-/m0/s1. The van der Waals surface area contributed by atoms with Crippen LogP contribution in [-0.4, -0.2) is 120 Å². The Kier molecular flexibility index (Phi) is 24.8. The molecule has 25 heteroatoms. The molecule has 0 bridgehead atoms. The topological polar surface area (TPSA) is 365 Å². The summed E-state index contributed by atoms with van der Waals surface area (Å²) in [4.78, 5) is 138. The highest BCUT2D eigenvalue weighted by Gasteiger charge is 2.35. The third-order valence-corrected chi connectivity index (χ3v) is 13.7. The Labute approximate surface area is 467 Å². The minimum absolute atomic E-state index is 0.0473. The van der Waals surface area contributed by atoms with Crippen LogP contribution in [0.15, 0.2) is 84.0 Å². The highest BCUT2D eigenvalue weighted by molar-refractivity contribution is 6.42. The van der Waals surface area contributed by atoms with E-state index in [0.717, 1.165) is 10.9 Å². The molecular weight excluding hydrogens is 1060 g/mol. The average molecular weight is 1130 g/mol. The summed E-state index contributed by atoms with van der Waals surface area (Å²) in [5.74, 6) is -7.30. The molecule has 426 valence electrons. The number of guanidine groups is 1. The van der Waals surface area contributed by atoms with Crippen molar-refractivity contribution < 1.29 is 48.0 Å². The molecule has 2 heterocycles. The van der Waals surface area contributed by atoms with Gasteiger partial charge < -0.3 is 64.2 Å². The monoisotopic (exact) mass is 1130 g/mol. The molecule has 0 unspecified atom stereocenters. The fourth-order valence-corrected chi connectivity index (χ4v) is 9.09. The van der Waals surface area contributed by atoms with Crippen molar-refractivity contribution in [3.05, 3.63) is 106 Å². The second kappa shape index (κ2) is 31.6. The number of aliphatic imine (C=N–C) groups is 1. The number of carbonyl (C=O) groups excluding carboxylic acids is 9. The largest absolute Gasteiger partial charge is 0.371 e. The lowest BCUT2D eigenvalue weighted by atomic mass is 10.0. The highest BCUT2D eigenvalue weighted by atomic mass is 35.5. The van der Waals surface area contributed by atoms with Gasteiger partial charge in [0.25, 0.3) is 0 Å². The molecule has 5 rings (SSSR count). The smallest absolute Gasteiger partial charge is 0.324 e. The molecule has 0 radical (unpaired) electrons. The maximum atomic E-state index is 14.9. The number of rotatable bonds is 17. The van der Waals surface area contributed by atoms with Gasteiger partial charge in [-0.3, -0.25) is 48.1 Å². The quantitative estimate of drug-likeness (QED) is 0.0407. The fraction of sp³-hybridized carbons (Fsp3) is 0.444. The Bertz CT molecular complexity index is 2790. The zero-order chi connectivity index (χ0) is 57.4. The van der Waals surface area contributed by atoms with Gasteiger partial charge in [-0.15, -0.1) is 0 Å². The molecule has 8 amide bonds. The van der Waals surface area contributed by atoms with Crippen LogP contribution < -0.4 is 59.9 Å². The Morgan fingerprint density at radius 1 is 0.722 bits per heavy atom. The number of hydrogen-bond acceptors (Lipinski definition) is 12. The van der Waals surface area contributed by atoms with Crippen LogP contribution in [0.25, 0.3) is 10.9 Å². The first-order valence-corrected chi connectivity index (χ1v) is 27.0. The lowest BCUT2D eigenvalue weighted by Crippen LogP contribution is -2.60. The minimum Gasteiger partial charge on any atom is -0.371 e. The minimum atomic E-state index is -1.50. The third kappa shape index (κ3) is 20.5. The molecule has 7 atom stereocenters. The van der Waals surface area contributed by atoms with E-state index in [1.165, 1.54) is 19.1 Å². The van der Waals surface area contributed by atoms with Crippen LogP contribution >= 0.6 is 23.2 Å². The molecule has 4 aromatic rings. The van der Waals surface area contributed by atoms with E-state index in [1.54, 1.807) is 42.6 Å². The van der Waals surface area contributed by atoms with Gasteiger partial charge in [0.15, 0.2) is 5.96 Å². The summed E-state index contributed by atoms with van der Waals surface area (Å²) < 4.78 is 0. The van der Waals surface area contributed by atoms with E-state index in [4.69, 9.17) is 45.2 Å². The zero-order valence-electron chi connectivity index (χ0n) is 44.2. The third-order valence-electron chi connectivity index (χ3n) is 13.0. The van der Waals surface area contributed by atoms with Crippen molar-refractivity contribution in [2.45, 2.75) is 140 Å². The molecule has 1 aliphatic heterocycles. The second-order valence-corrected chi connectivity index (χ2v) is 20.0. The number of primary amides is 1. The summed E-state index contributed by atoms with van der Waals surface area (Å²) in [6, 6.07) is 11.1. The van der Waals surface area contributed by atoms with Crippen LogP contribution in [0.3, 0.4) is 0 Å². The van der Waals surface area contributed by atoms with Crippen molar-refractivity contribution >= 4 is 93.3 Å². The maximum absolute atomic E-state index is 14.9. The molecule has 0 aliphatic carbocycles. The van der Waals surface area contributed by atoms with Crippen LogP contribution in [0.5, 0.6) is 0 Å². The maximum Gasteiger partial charge on any atom is 0.324 e. The van der Waals surface area contributed by atoms with Crippen LogP contribution in [0.1, 0.15) is 94.7 Å². The van der Waals surface area contributed by atoms with Crippen molar-refractivity contribution in [1.29, 1.82) is 0 Å².